The van der Waals surface area contributed by atoms with E-state index >= 15 is 0 Å². The predicted octanol–water partition coefficient (Wildman–Crippen LogP) is 3.30. The van der Waals surface area contributed by atoms with Crippen molar-refractivity contribution in [3.63, 3.8) is 0 Å². The van der Waals surface area contributed by atoms with Crippen molar-refractivity contribution in [1.82, 2.24) is 4.90 Å². The third kappa shape index (κ3) is 3.52. The van der Waals surface area contributed by atoms with Crippen LogP contribution in [-0.2, 0) is 0 Å². The lowest BCUT2D eigenvalue weighted by Gasteiger charge is -2.32. The topological polar surface area (TPSA) is 52.6 Å². The Bertz CT molecular complexity index is 482. The molecule has 4 nitrogen and oxygen atoms in total. The van der Waals surface area contributed by atoms with Crippen molar-refractivity contribution in [2.24, 2.45) is 5.92 Å². The van der Waals surface area contributed by atoms with Crippen LogP contribution in [0.4, 0.5) is 10.5 Å². The van der Waals surface area contributed by atoms with Crippen LogP contribution >= 0.6 is 15.9 Å². The van der Waals surface area contributed by atoms with Gasteiger partial charge in [-0.1, -0.05) is 15.9 Å². The van der Waals surface area contributed by atoms with Crippen LogP contribution < -0.4 is 5.32 Å². The maximum absolute atomic E-state index is 12.3. The summed E-state index contributed by atoms with van der Waals surface area (Å²) in [5.41, 5.74) is 2.96. The molecule has 0 bridgehead atoms. The number of nitrogens with one attached hydrogen (secondary N) is 1. The first-order valence-corrected chi connectivity index (χ1v) is 7.74. The van der Waals surface area contributed by atoms with Gasteiger partial charge in [-0.25, -0.2) is 4.79 Å². The molecule has 110 valence electrons. The molecule has 2 amide bonds. The van der Waals surface area contributed by atoms with Gasteiger partial charge in [-0.2, -0.15) is 0 Å². The maximum atomic E-state index is 12.3. The number of aliphatic hydroxyl groups excluding tert-OH is 1. The summed E-state index contributed by atoms with van der Waals surface area (Å²) in [5, 5.41) is 12.2. The van der Waals surface area contributed by atoms with Gasteiger partial charge in [0.2, 0.25) is 0 Å². The van der Waals surface area contributed by atoms with Crippen molar-refractivity contribution in [3.05, 3.63) is 27.7 Å². The molecular weight excluding hydrogens is 320 g/mol. The Balaban J connectivity index is 2.08. The standard InChI is InChI=1S/C15H21BrN2O2/c1-10-6-13(16)7-11(2)14(10)17-15(20)18-5-3-4-12(8-18)9-19/h6-7,12,19H,3-5,8-9H2,1-2H3,(H,17,20). The summed E-state index contributed by atoms with van der Waals surface area (Å²) in [5.74, 6) is 0.210. The van der Waals surface area contributed by atoms with Gasteiger partial charge in [0.05, 0.1) is 0 Å². The van der Waals surface area contributed by atoms with E-state index in [1.165, 1.54) is 0 Å². The van der Waals surface area contributed by atoms with Gasteiger partial charge in [-0.3, -0.25) is 0 Å². The van der Waals surface area contributed by atoms with Crippen LogP contribution in [0.3, 0.4) is 0 Å². The van der Waals surface area contributed by atoms with Gasteiger partial charge in [-0.05, 0) is 55.9 Å². The first-order valence-electron chi connectivity index (χ1n) is 6.94. The number of piperidine rings is 1. The smallest absolute Gasteiger partial charge is 0.321 e. The molecule has 1 aromatic rings. The minimum absolute atomic E-state index is 0.0725. The second-order valence-corrected chi connectivity index (χ2v) is 6.40. The molecule has 1 fully saturated rings. The summed E-state index contributed by atoms with van der Waals surface area (Å²) >= 11 is 3.46. The molecule has 0 aromatic heterocycles. The molecule has 1 atom stereocenters. The van der Waals surface area contributed by atoms with Crippen LogP contribution in [0, 0.1) is 19.8 Å². The number of nitrogens with zero attached hydrogens (tertiary/aromatic N) is 1. The lowest BCUT2D eigenvalue weighted by Crippen LogP contribution is -2.43. The molecule has 1 saturated heterocycles. The van der Waals surface area contributed by atoms with E-state index in [2.05, 4.69) is 21.2 Å². The molecule has 5 heteroatoms. The van der Waals surface area contributed by atoms with E-state index in [0.29, 0.717) is 6.54 Å². The number of aliphatic hydroxyl groups is 1. The summed E-state index contributed by atoms with van der Waals surface area (Å²) in [6.45, 7) is 5.52. The summed E-state index contributed by atoms with van der Waals surface area (Å²) in [7, 11) is 0. The van der Waals surface area contributed by atoms with Crippen molar-refractivity contribution in [1.29, 1.82) is 0 Å². The zero-order valence-electron chi connectivity index (χ0n) is 11.9. The molecule has 0 aliphatic carbocycles. The minimum atomic E-state index is -0.0725. The molecular formula is C15H21BrN2O2. The number of urea groups is 1. The Kier molecular flexibility index (Phi) is 5.05. The largest absolute Gasteiger partial charge is 0.396 e. The fraction of sp³-hybridized carbons (Fsp3) is 0.533. The summed E-state index contributed by atoms with van der Waals surface area (Å²) in [6.07, 6.45) is 1.95. The van der Waals surface area contributed by atoms with Crippen molar-refractivity contribution in [2.75, 3.05) is 25.0 Å². The first-order chi connectivity index (χ1) is 9.51. The zero-order chi connectivity index (χ0) is 14.7. The molecule has 1 aromatic carbocycles. The lowest BCUT2D eigenvalue weighted by molar-refractivity contribution is 0.136. The average Bonchev–Trinajstić information content (AvgIpc) is 2.42. The Morgan fingerprint density at radius 1 is 1.45 bits per heavy atom. The number of amides is 2. The highest BCUT2D eigenvalue weighted by atomic mass is 79.9. The van der Waals surface area contributed by atoms with Gasteiger partial charge in [-0.15, -0.1) is 0 Å². The van der Waals surface area contributed by atoms with E-state index in [1.807, 2.05) is 26.0 Å². The minimum Gasteiger partial charge on any atom is -0.396 e. The van der Waals surface area contributed by atoms with Gasteiger partial charge < -0.3 is 15.3 Å². The van der Waals surface area contributed by atoms with Crippen LogP contribution in [0.5, 0.6) is 0 Å². The van der Waals surface area contributed by atoms with Gasteiger partial charge in [0.25, 0.3) is 0 Å². The number of hydrogen-bond acceptors (Lipinski definition) is 2. The summed E-state index contributed by atoms with van der Waals surface area (Å²) in [6, 6.07) is 3.92. The Labute approximate surface area is 128 Å². The molecule has 0 radical (unpaired) electrons. The molecule has 0 spiro atoms. The highest BCUT2D eigenvalue weighted by Crippen LogP contribution is 2.26. The first kappa shape index (κ1) is 15.3. The number of carbonyl (C=O) groups excluding carboxylic acids is 1. The maximum Gasteiger partial charge on any atom is 0.321 e. The van der Waals surface area contributed by atoms with Crippen LogP contribution in [0.2, 0.25) is 0 Å². The molecule has 1 unspecified atom stereocenters. The molecule has 1 aliphatic heterocycles. The normalized spacial score (nSPS) is 19.0. The highest BCUT2D eigenvalue weighted by molar-refractivity contribution is 9.10. The Morgan fingerprint density at radius 2 is 2.10 bits per heavy atom. The number of anilines is 1. The van der Waals surface area contributed by atoms with Gasteiger partial charge in [0.1, 0.15) is 0 Å². The lowest BCUT2D eigenvalue weighted by atomic mass is 9.99. The van der Waals surface area contributed by atoms with Gasteiger partial charge in [0, 0.05) is 29.9 Å². The highest BCUT2D eigenvalue weighted by Gasteiger charge is 2.23. The number of hydrogen-bond donors (Lipinski definition) is 2. The van der Waals surface area contributed by atoms with E-state index in [-0.39, 0.29) is 18.6 Å². The second-order valence-electron chi connectivity index (χ2n) is 5.48. The number of rotatable bonds is 2. The van der Waals surface area contributed by atoms with E-state index < -0.39 is 0 Å². The van der Waals surface area contributed by atoms with Crippen molar-refractivity contribution < 1.29 is 9.90 Å². The average molecular weight is 341 g/mol. The third-order valence-corrected chi connectivity index (χ3v) is 4.25. The second kappa shape index (κ2) is 6.59. The number of likely N-dealkylation sites (tertiary alicyclic amines) is 1. The monoisotopic (exact) mass is 340 g/mol. The number of carbonyl (C=O) groups is 1. The zero-order valence-corrected chi connectivity index (χ0v) is 13.5. The fourth-order valence-corrected chi connectivity index (χ4v) is 3.38. The Morgan fingerprint density at radius 3 is 2.70 bits per heavy atom. The van der Waals surface area contributed by atoms with Crippen LogP contribution in [0.15, 0.2) is 16.6 Å². The van der Waals surface area contributed by atoms with Crippen molar-refractivity contribution >= 4 is 27.6 Å². The van der Waals surface area contributed by atoms with Crippen LogP contribution in [0.1, 0.15) is 24.0 Å². The molecule has 1 heterocycles. The quantitative estimate of drug-likeness (QED) is 0.867. The summed E-state index contributed by atoms with van der Waals surface area (Å²) < 4.78 is 1.02. The van der Waals surface area contributed by atoms with Gasteiger partial charge in [0.15, 0.2) is 0 Å². The van der Waals surface area contributed by atoms with E-state index in [1.54, 1.807) is 4.90 Å². The molecule has 2 N–H and O–H groups in total. The SMILES string of the molecule is Cc1cc(Br)cc(C)c1NC(=O)N1CCCC(CO)C1. The number of benzene rings is 1. The van der Waals surface area contributed by atoms with Crippen molar-refractivity contribution in [3.8, 4) is 0 Å². The Hall–Kier alpha value is -1.07. The van der Waals surface area contributed by atoms with E-state index in [9.17, 15) is 9.90 Å². The fourth-order valence-electron chi connectivity index (χ4n) is 2.69. The van der Waals surface area contributed by atoms with E-state index in [4.69, 9.17) is 0 Å². The molecule has 1 aliphatic rings. The van der Waals surface area contributed by atoms with E-state index in [0.717, 1.165) is 40.7 Å². The third-order valence-electron chi connectivity index (χ3n) is 3.79. The molecule has 20 heavy (non-hydrogen) atoms. The molecule has 2 rings (SSSR count). The van der Waals surface area contributed by atoms with Crippen LogP contribution in [0.25, 0.3) is 0 Å². The number of halogens is 1. The predicted molar refractivity (Wildman–Crippen MR) is 84.0 cm³/mol. The summed E-state index contributed by atoms with van der Waals surface area (Å²) in [4.78, 5) is 14.1. The van der Waals surface area contributed by atoms with Crippen molar-refractivity contribution in [2.45, 2.75) is 26.7 Å². The molecule has 0 saturated carbocycles. The van der Waals surface area contributed by atoms with Gasteiger partial charge >= 0.3 is 6.03 Å². The van der Waals surface area contributed by atoms with Crippen LogP contribution in [-0.4, -0.2) is 35.7 Å². The number of aryl methyl sites for hydroxylation is 2.